The fourth-order valence-electron chi connectivity index (χ4n) is 3.74. The second-order valence-corrected chi connectivity index (χ2v) is 7.84. The van der Waals surface area contributed by atoms with E-state index in [2.05, 4.69) is 25.1 Å². The van der Waals surface area contributed by atoms with E-state index in [4.69, 9.17) is 4.74 Å². The largest absolute Gasteiger partial charge is 0.457 e. The van der Waals surface area contributed by atoms with Crippen molar-refractivity contribution in [2.75, 3.05) is 44.2 Å². The van der Waals surface area contributed by atoms with Gasteiger partial charge in [-0.3, -0.25) is 19.8 Å². The Morgan fingerprint density at radius 2 is 1.76 bits per heavy atom. The molecule has 34 heavy (non-hydrogen) atoms. The highest BCUT2D eigenvalue weighted by Gasteiger charge is 2.20. The van der Waals surface area contributed by atoms with Crippen LogP contribution >= 0.6 is 0 Å². The van der Waals surface area contributed by atoms with Crippen molar-refractivity contribution in [2.24, 2.45) is 0 Å². The summed E-state index contributed by atoms with van der Waals surface area (Å²) in [5, 5.41) is 14.1. The minimum Gasteiger partial charge on any atom is -0.457 e. The van der Waals surface area contributed by atoms with Gasteiger partial charge in [0.1, 0.15) is 11.5 Å². The number of hydrogen-bond donors (Lipinski definition) is 1. The molecule has 4 rings (SSSR count). The number of piperazine rings is 1. The molecule has 176 valence electrons. The number of nitrogens with zero attached hydrogens (tertiary/aromatic N) is 5. The quantitative estimate of drug-likeness (QED) is 0.293. The van der Waals surface area contributed by atoms with Crippen molar-refractivity contribution < 1.29 is 14.5 Å². The van der Waals surface area contributed by atoms with Crippen molar-refractivity contribution >= 4 is 17.5 Å². The lowest BCUT2D eigenvalue weighted by Crippen LogP contribution is -2.47. The van der Waals surface area contributed by atoms with Crippen molar-refractivity contribution in [3.63, 3.8) is 0 Å². The summed E-state index contributed by atoms with van der Waals surface area (Å²) in [4.78, 5) is 36.6. The molecule has 10 nitrogen and oxygen atoms in total. The SMILES string of the molecule is O=C(NCCCN1CCN(c2ncccn2)CC1)c1cc([N+](=O)[O-])ccc1Oc1ccccc1. The lowest BCUT2D eigenvalue weighted by molar-refractivity contribution is -0.384. The van der Waals surface area contributed by atoms with E-state index in [0.717, 1.165) is 45.1 Å². The Morgan fingerprint density at radius 3 is 2.47 bits per heavy atom. The van der Waals surface area contributed by atoms with Crippen LogP contribution in [-0.2, 0) is 0 Å². The Morgan fingerprint density at radius 1 is 1.03 bits per heavy atom. The highest BCUT2D eigenvalue weighted by molar-refractivity contribution is 5.97. The zero-order valence-corrected chi connectivity index (χ0v) is 18.7. The van der Waals surface area contributed by atoms with Crippen LogP contribution in [0.25, 0.3) is 0 Å². The Hall–Kier alpha value is -4.05. The van der Waals surface area contributed by atoms with Crippen LogP contribution in [0.1, 0.15) is 16.8 Å². The molecule has 0 bridgehead atoms. The first-order valence-corrected chi connectivity index (χ1v) is 11.1. The van der Waals surface area contributed by atoms with Gasteiger partial charge in [0.15, 0.2) is 0 Å². The maximum Gasteiger partial charge on any atom is 0.270 e. The van der Waals surface area contributed by atoms with E-state index in [1.165, 1.54) is 18.2 Å². The molecule has 1 amide bonds. The van der Waals surface area contributed by atoms with E-state index in [-0.39, 0.29) is 17.0 Å². The van der Waals surface area contributed by atoms with Crippen LogP contribution in [0.3, 0.4) is 0 Å². The van der Waals surface area contributed by atoms with Crippen LogP contribution in [0.2, 0.25) is 0 Å². The van der Waals surface area contributed by atoms with Gasteiger partial charge in [-0.1, -0.05) is 18.2 Å². The average Bonchev–Trinajstić information content (AvgIpc) is 2.88. The molecule has 10 heteroatoms. The fourth-order valence-corrected chi connectivity index (χ4v) is 3.74. The Labute approximate surface area is 197 Å². The lowest BCUT2D eigenvalue weighted by atomic mass is 10.1. The highest BCUT2D eigenvalue weighted by Crippen LogP contribution is 2.28. The summed E-state index contributed by atoms with van der Waals surface area (Å²) in [6.45, 7) is 4.78. The molecule has 1 aliphatic heterocycles. The number of nitrogens with one attached hydrogen (secondary N) is 1. The lowest BCUT2D eigenvalue weighted by Gasteiger charge is -2.34. The molecule has 1 aromatic heterocycles. The number of para-hydroxylation sites is 1. The van der Waals surface area contributed by atoms with Gasteiger partial charge in [0.2, 0.25) is 5.95 Å². The number of hydrogen-bond acceptors (Lipinski definition) is 8. The number of ether oxygens (including phenoxy) is 1. The number of nitro groups is 1. The molecule has 1 fully saturated rings. The molecule has 1 N–H and O–H groups in total. The molecule has 1 saturated heterocycles. The second-order valence-electron chi connectivity index (χ2n) is 7.84. The topological polar surface area (TPSA) is 114 Å². The van der Waals surface area contributed by atoms with Crippen LogP contribution < -0.4 is 15.0 Å². The van der Waals surface area contributed by atoms with Gasteiger partial charge in [0.25, 0.3) is 11.6 Å². The summed E-state index contributed by atoms with van der Waals surface area (Å²) in [5.41, 5.74) is -0.0274. The molecule has 0 unspecified atom stereocenters. The number of anilines is 1. The summed E-state index contributed by atoms with van der Waals surface area (Å²) < 4.78 is 5.81. The van der Waals surface area contributed by atoms with E-state index in [0.29, 0.717) is 12.3 Å². The van der Waals surface area contributed by atoms with Gasteiger partial charge in [0.05, 0.1) is 10.5 Å². The average molecular weight is 463 g/mol. The second kappa shape index (κ2) is 11.2. The molecule has 2 aromatic carbocycles. The molecule has 3 aromatic rings. The zero-order valence-electron chi connectivity index (χ0n) is 18.7. The summed E-state index contributed by atoms with van der Waals surface area (Å²) in [6, 6.07) is 14.8. The predicted octanol–water partition coefficient (Wildman–Crippen LogP) is 3.12. The predicted molar refractivity (Wildman–Crippen MR) is 127 cm³/mol. The van der Waals surface area contributed by atoms with Gasteiger partial charge in [0, 0.05) is 57.3 Å². The minimum absolute atomic E-state index is 0.134. The highest BCUT2D eigenvalue weighted by atomic mass is 16.6. The summed E-state index contributed by atoms with van der Waals surface area (Å²) in [7, 11) is 0. The van der Waals surface area contributed by atoms with Gasteiger partial charge in [-0.15, -0.1) is 0 Å². The molecule has 0 aliphatic carbocycles. The first kappa shape index (κ1) is 23.1. The molecule has 0 radical (unpaired) electrons. The smallest absolute Gasteiger partial charge is 0.270 e. The van der Waals surface area contributed by atoms with E-state index in [9.17, 15) is 14.9 Å². The number of rotatable bonds is 9. The Kier molecular flexibility index (Phi) is 7.61. The number of aromatic nitrogens is 2. The first-order chi connectivity index (χ1) is 16.6. The maximum atomic E-state index is 12.8. The summed E-state index contributed by atoms with van der Waals surface area (Å²) >= 11 is 0. The van der Waals surface area contributed by atoms with Crippen molar-refractivity contribution in [3.05, 3.63) is 82.7 Å². The Balaban J connectivity index is 1.29. The molecule has 2 heterocycles. The third-order valence-corrected chi connectivity index (χ3v) is 5.53. The zero-order chi connectivity index (χ0) is 23.8. The summed E-state index contributed by atoms with van der Waals surface area (Å²) in [6.07, 6.45) is 4.25. The number of benzene rings is 2. The molecule has 1 aliphatic rings. The van der Waals surface area contributed by atoms with Crippen LogP contribution in [0, 0.1) is 10.1 Å². The van der Waals surface area contributed by atoms with Gasteiger partial charge in [-0.2, -0.15) is 0 Å². The number of non-ortho nitro benzene ring substituents is 1. The van der Waals surface area contributed by atoms with Crippen molar-refractivity contribution in [1.29, 1.82) is 0 Å². The van der Waals surface area contributed by atoms with Gasteiger partial charge in [-0.05, 0) is 37.2 Å². The van der Waals surface area contributed by atoms with E-state index in [1.807, 2.05) is 18.2 Å². The van der Waals surface area contributed by atoms with E-state index < -0.39 is 10.8 Å². The first-order valence-electron chi connectivity index (χ1n) is 11.1. The van der Waals surface area contributed by atoms with Crippen LogP contribution in [0.4, 0.5) is 11.6 Å². The van der Waals surface area contributed by atoms with Crippen molar-refractivity contribution in [2.45, 2.75) is 6.42 Å². The fraction of sp³-hybridized carbons (Fsp3) is 0.292. The standard InChI is InChI=1S/C24H26N6O4/c31-23(21-18-19(30(32)33)8-9-22(21)34-20-6-2-1-3-7-20)25-12-5-13-28-14-16-29(17-15-28)24-26-10-4-11-27-24/h1-4,6-11,18H,5,12-17H2,(H,25,31). The third kappa shape index (κ3) is 6.04. The number of carbonyl (C=O) groups excluding carboxylic acids is 1. The van der Waals surface area contributed by atoms with Crippen LogP contribution in [0.5, 0.6) is 11.5 Å². The van der Waals surface area contributed by atoms with Crippen LogP contribution in [0.15, 0.2) is 67.0 Å². The normalized spacial score (nSPS) is 13.9. The van der Waals surface area contributed by atoms with Crippen molar-refractivity contribution in [1.82, 2.24) is 20.2 Å². The maximum absolute atomic E-state index is 12.8. The van der Waals surface area contributed by atoms with Gasteiger partial charge >= 0.3 is 0 Å². The molecular formula is C24H26N6O4. The number of carbonyl (C=O) groups is 1. The van der Waals surface area contributed by atoms with Gasteiger partial charge in [-0.25, -0.2) is 9.97 Å². The van der Waals surface area contributed by atoms with Crippen LogP contribution in [-0.4, -0.2) is 65.0 Å². The molecule has 0 spiro atoms. The third-order valence-electron chi connectivity index (χ3n) is 5.53. The number of nitro benzene ring substituents is 1. The number of amides is 1. The van der Waals surface area contributed by atoms with Crippen molar-refractivity contribution in [3.8, 4) is 11.5 Å². The minimum atomic E-state index is -0.525. The van der Waals surface area contributed by atoms with Gasteiger partial charge < -0.3 is 15.0 Å². The summed E-state index contributed by atoms with van der Waals surface area (Å²) in [5.74, 6) is 1.17. The molecule has 0 saturated carbocycles. The van der Waals surface area contributed by atoms with E-state index >= 15 is 0 Å². The van der Waals surface area contributed by atoms with E-state index in [1.54, 1.807) is 30.6 Å². The monoisotopic (exact) mass is 462 g/mol. The molecular weight excluding hydrogens is 436 g/mol. The molecule has 0 atom stereocenters. The Bertz CT molecular complexity index is 1100.